The van der Waals surface area contributed by atoms with Crippen molar-refractivity contribution in [3.63, 3.8) is 0 Å². The van der Waals surface area contributed by atoms with Crippen LogP contribution < -0.4 is 4.90 Å². The second-order valence-corrected chi connectivity index (χ2v) is 5.05. The third kappa shape index (κ3) is 2.02. The highest BCUT2D eigenvalue weighted by atomic mass is 16.8. The molecule has 0 bridgehead atoms. The second kappa shape index (κ2) is 5.00. The van der Waals surface area contributed by atoms with E-state index in [2.05, 4.69) is 5.16 Å². The van der Waals surface area contributed by atoms with Gasteiger partial charge in [0.1, 0.15) is 0 Å². The van der Waals surface area contributed by atoms with E-state index in [1.54, 1.807) is 0 Å². The van der Waals surface area contributed by atoms with Gasteiger partial charge >= 0.3 is 0 Å². The molecule has 0 fully saturated rings. The molecule has 0 N–H and O–H groups in total. The maximum atomic E-state index is 11.7. The van der Waals surface area contributed by atoms with E-state index in [1.165, 1.54) is 0 Å². The van der Waals surface area contributed by atoms with E-state index < -0.39 is 0 Å². The van der Waals surface area contributed by atoms with Crippen LogP contribution in [0, 0.1) is 5.21 Å². The Hall–Kier alpha value is -3.14. The summed E-state index contributed by atoms with van der Waals surface area (Å²) < 4.78 is 4.71. The first-order valence-electron chi connectivity index (χ1n) is 6.97. The van der Waals surface area contributed by atoms with Crippen LogP contribution in [0.1, 0.15) is 0 Å². The zero-order valence-electron chi connectivity index (χ0n) is 11.6. The lowest BCUT2D eigenvalue weighted by Gasteiger charge is -2.09. The Kier molecular flexibility index (Phi) is 2.86. The van der Waals surface area contributed by atoms with Gasteiger partial charge in [-0.05, 0) is 27.2 Å². The average molecular weight is 288 g/mol. The van der Waals surface area contributed by atoms with Crippen LogP contribution in [0.5, 0.6) is 0 Å². The summed E-state index contributed by atoms with van der Waals surface area (Å²) in [5.41, 5.74) is 5.10. The Labute approximate surface area is 126 Å². The van der Waals surface area contributed by atoms with Crippen molar-refractivity contribution < 1.29 is 9.53 Å². The van der Waals surface area contributed by atoms with E-state index in [-0.39, 0.29) is 0 Å². The molecule has 0 amide bonds. The second-order valence-electron chi connectivity index (χ2n) is 5.05. The van der Waals surface area contributed by atoms with Crippen molar-refractivity contribution in [1.82, 2.24) is 5.16 Å². The molecular formula is C18H12N2O2. The van der Waals surface area contributed by atoms with Crippen LogP contribution in [-0.2, 0) is 0 Å². The number of fused-ring (bicyclic) bond motifs is 1. The van der Waals surface area contributed by atoms with Gasteiger partial charge in [-0.25, -0.2) is 0 Å². The molecule has 0 spiro atoms. The van der Waals surface area contributed by atoms with Crippen molar-refractivity contribution in [1.29, 1.82) is 0 Å². The molecule has 0 unspecified atom stereocenters. The highest BCUT2D eigenvalue weighted by Gasteiger charge is 2.16. The summed E-state index contributed by atoms with van der Waals surface area (Å²) in [6.45, 7) is 0. The van der Waals surface area contributed by atoms with Gasteiger partial charge in [0.2, 0.25) is 11.0 Å². The molecule has 4 nitrogen and oxygen atoms in total. The summed E-state index contributed by atoms with van der Waals surface area (Å²) in [6, 6.07) is 23.7. The van der Waals surface area contributed by atoms with Crippen molar-refractivity contribution in [2.24, 2.45) is 0 Å². The fraction of sp³-hybridized carbons (Fsp3) is 0. The summed E-state index contributed by atoms with van der Waals surface area (Å²) >= 11 is 0. The Morgan fingerprint density at radius 1 is 0.773 bits per heavy atom. The zero-order chi connectivity index (χ0) is 14.9. The van der Waals surface area contributed by atoms with Crippen molar-refractivity contribution in [3.8, 4) is 22.3 Å². The minimum atomic E-state index is 0.429. The fourth-order valence-corrected chi connectivity index (χ4v) is 2.63. The third-order valence-corrected chi connectivity index (χ3v) is 3.69. The number of benzene rings is 3. The van der Waals surface area contributed by atoms with Crippen LogP contribution in [0.25, 0.3) is 33.3 Å². The fourth-order valence-electron chi connectivity index (χ4n) is 2.63. The highest BCUT2D eigenvalue weighted by molar-refractivity contribution is 5.92. The van der Waals surface area contributed by atoms with Crippen LogP contribution in [0.3, 0.4) is 0 Å². The molecule has 0 atom stereocenters. The molecule has 0 saturated carbocycles. The number of rotatable bonds is 2. The highest BCUT2D eigenvalue weighted by Crippen LogP contribution is 2.34. The van der Waals surface area contributed by atoms with Gasteiger partial charge < -0.3 is 5.21 Å². The minimum Gasteiger partial charge on any atom is -0.359 e. The average Bonchev–Trinajstić information content (AvgIpc) is 2.96. The molecule has 4 aromatic rings. The molecule has 4 heteroatoms. The zero-order valence-corrected chi connectivity index (χ0v) is 11.6. The molecule has 0 aliphatic rings. The largest absolute Gasteiger partial charge is 0.359 e. The molecular weight excluding hydrogens is 276 g/mol. The molecule has 4 rings (SSSR count). The summed E-state index contributed by atoms with van der Waals surface area (Å²) in [5, 5.41) is 15.5. The summed E-state index contributed by atoms with van der Waals surface area (Å²) in [5.74, 6) is 0. The smallest absolute Gasteiger partial charge is 0.249 e. The normalized spacial score (nSPS) is 10.9. The maximum absolute atomic E-state index is 11.7. The van der Waals surface area contributed by atoms with E-state index in [0.29, 0.717) is 15.9 Å². The number of hydrogen-bond acceptors (Lipinski definition) is 3. The molecule has 1 aromatic heterocycles. The molecule has 3 aromatic carbocycles. The topological polar surface area (TPSA) is 53.0 Å². The lowest BCUT2D eigenvalue weighted by atomic mass is 9.94. The van der Waals surface area contributed by atoms with Gasteiger partial charge in [0.15, 0.2) is 0 Å². The van der Waals surface area contributed by atoms with Crippen LogP contribution in [0.4, 0.5) is 0 Å². The van der Waals surface area contributed by atoms with E-state index in [0.717, 1.165) is 22.3 Å². The molecule has 0 aliphatic carbocycles. The predicted octanol–water partition coefficient (Wildman–Crippen LogP) is 3.80. The Morgan fingerprint density at radius 2 is 1.32 bits per heavy atom. The first-order chi connectivity index (χ1) is 10.8. The van der Waals surface area contributed by atoms with E-state index >= 15 is 0 Å². The SMILES string of the molecule is [O-][n+]1onc2cc(-c3ccccc3)c(-c3ccccc3)cc21. The van der Waals surface area contributed by atoms with Crippen LogP contribution in [0.2, 0.25) is 0 Å². The number of hydrogen-bond donors (Lipinski definition) is 0. The molecule has 1 heterocycles. The van der Waals surface area contributed by atoms with E-state index in [4.69, 9.17) is 4.63 Å². The van der Waals surface area contributed by atoms with Gasteiger partial charge in [0.25, 0.3) is 0 Å². The van der Waals surface area contributed by atoms with Gasteiger partial charge in [-0.3, -0.25) is 4.63 Å². The summed E-state index contributed by atoms with van der Waals surface area (Å²) in [7, 11) is 0. The van der Waals surface area contributed by atoms with Crippen molar-refractivity contribution in [3.05, 3.63) is 78.0 Å². The molecule has 22 heavy (non-hydrogen) atoms. The standard InChI is InChI=1S/C18H12N2O2/c21-20-18-12-16(14-9-5-2-6-10-14)15(11-17(18)19-22-20)13-7-3-1-4-8-13/h1-12H. The quantitative estimate of drug-likeness (QED) is 0.527. The van der Waals surface area contributed by atoms with Gasteiger partial charge in [-0.2, -0.15) is 0 Å². The first-order valence-corrected chi connectivity index (χ1v) is 6.97. The lowest BCUT2D eigenvalue weighted by molar-refractivity contribution is -0.782. The Morgan fingerprint density at radius 3 is 1.91 bits per heavy atom. The van der Waals surface area contributed by atoms with Gasteiger partial charge in [0.05, 0.1) is 0 Å². The van der Waals surface area contributed by atoms with Crippen LogP contribution >= 0.6 is 0 Å². The summed E-state index contributed by atoms with van der Waals surface area (Å²) in [4.78, 5) is 0.441. The van der Waals surface area contributed by atoms with E-state index in [1.807, 2.05) is 72.8 Å². The Bertz CT molecular complexity index is 931. The Balaban J connectivity index is 2.05. The van der Waals surface area contributed by atoms with Crippen molar-refractivity contribution in [2.45, 2.75) is 0 Å². The first kappa shape index (κ1) is 12.6. The van der Waals surface area contributed by atoms with E-state index in [9.17, 15) is 5.21 Å². The maximum Gasteiger partial charge on any atom is 0.249 e. The summed E-state index contributed by atoms with van der Waals surface area (Å²) in [6.07, 6.45) is 0. The molecule has 0 aliphatic heterocycles. The van der Waals surface area contributed by atoms with Crippen LogP contribution in [0.15, 0.2) is 77.4 Å². The van der Waals surface area contributed by atoms with Gasteiger partial charge in [-0.1, -0.05) is 60.7 Å². The number of aromatic nitrogens is 2. The van der Waals surface area contributed by atoms with Gasteiger partial charge in [0, 0.05) is 17.3 Å². The van der Waals surface area contributed by atoms with Gasteiger partial charge in [-0.15, -0.1) is 0 Å². The van der Waals surface area contributed by atoms with Crippen molar-refractivity contribution >= 4 is 11.0 Å². The monoisotopic (exact) mass is 288 g/mol. The molecule has 0 radical (unpaired) electrons. The predicted molar refractivity (Wildman–Crippen MR) is 83.8 cm³/mol. The van der Waals surface area contributed by atoms with Crippen molar-refractivity contribution in [2.75, 3.05) is 0 Å². The lowest BCUT2D eigenvalue weighted by Crippen LogP contribution is -2.22. The number of nitrogens with zero attached hydrogens (tertiary/aromatic N) is 2. The minimum absolute atomic E-state index is 0.429. The molecule has 0 saturated heterocycles. The third-order valence-electron chi connectivity index (χ3n) is 3.69. The van der Waals surface area contributed by atoms with Crippen LogP contribution in [-0.4, -0.2) is 5.16 Å². The molecule has 106 valence electrons.